The first-order valence-electron chi connectivity index (χ1n) is 15.2. The molecule has 49 heavy (non-hydrogen) atoms. The number of aryl methyl sites for hydroxylation is 3. The zero-order valence-electron chi connectivity index (χ0n) is 26.5. The summed E-state index contributed by atoms with van der Waals surface area (Å²) in [5, 5.41) is 16.8. The maximum absolute atomic E-state index is 14.4. The van der Waals surface area contributed by atoms with Crippen LogP contribution in [0.5, 0.6) is 0 Å². The highest BCUT2D eigenvalue weighted by Gasteiger charge is 2.30. The Kier molecular flexibility index (Phi) is 12.3. The number of benzene rings is 4. The molecule has 5 aromatic rings. The molecule has 0 radical (unpaired) electrons. The molecule has 8 nitrogen and oxygen atoms in total. The Morgan fingerprint density at radius 3 is 2.06 bits per heavy atom. The van der Waals surface area contributed by atoms with Gasteiger partial charge in [0, 0.05) is 29.9 Å². The Labute approximate surface area is 281 Å². The predicted molar refractivity (Wildman–Crippen MR) is 179 cm³/mol. The number of carboxylic acid groups (broad SMARTS) is 1. The van der Waals surface area contributed by atoms with E-state index in [0.29, 0.717) is 48.3 Å². The van der Waals surface area contributed by atoms with Gasteiger partial charge >= 0.3 is 12.1 Å². The van der Waals surface area contributed by atoms with Gasteiger partial charge in [-0.1, -0.05) is 72.8 Å². The molecule has 0 amide bonds. The first-order valence-corrected chi connectivity index (χ1v) is 17.0. The summed E-state index contributed by atoms with van der Waals surface area (Å²) in [4.78, 5) is 10.8. The second-order valence-electron chi connectivity index (χ2n) is 11.3. The fraction of sp³-hybridized carbons (Fsp3) is 0.222. The summed E-state index contributed by atoms with van der Waals surface area (Å²) in [7, 11) is -3.67. The van der Waals surface area contributed by atoms with E-state index in [1.54, 1.807) is 12.1 Å². The van der Waals surface area contributed by atoms with Crippen LogP contribution in [0.4, 0.5) is 23.2 Å². The average molecular weight is 698 g/mol. The molecule has 0 aliphatic rings. The van der Waals surface area contributed by atoms with Crippen molar-refractivity contribution >= 4 is 21.8 Å². The molecular weight excluding hydrogens is 662 g/mol. The number of halogens is 4. The van der Waals surface area contributed by atoms with Crippen LogP contribution in [-0.2, 0) is 53.4 Å². The van der Waals surface area contributed by atoms with Crippen LogP contribution in [0.2, 0.25) is 0 Å². The maximum atomic E-state index is 14.4. The van der Waals surface area contributed by atoms with Crippen LogP contribution in [0.1, 0.15) is 39.9 Å². The summed E-state index contributed by atoms with van der Waals surface area (Å²) in [6.45, 7) is 0.956. The number of hydrogen-bond acceptors (Lipinski definition) is 5. The second-order valence-corrected chi connectivity index (χ2v) is 12.8. The van der Waals surface area contributed by atoms with Gasteiger partial charge in [0.15, 0.2) is 0 Å². The number of aromatic nitrogens is 2. The first kappa shape index (κ1) is 36.8. The molecule has 4 aromatic carbocycles. The van der Waals surface area contributed by atoms with Gasteiger partial charge in [-0.05, 0) is 71.8 Å². The van der Waals surface area contributed by atoms with Gasteiger partial charge in [0.2, 0.25) is 0 Å². The largest absolute Gasteiger partial charge is 0.481 e. The van der Waals surface area contributed by atoms with Crippen LogP contribution in [-0.4, -0.2) is 40.1 Å². The lowest BCUT2D eigenvalue weighted by molar-refractivity contribution is -0.138. The number of aliphatic carboxylic acids is 1. The monoisotopic (exact) mass is 697 g/mol. The zero-order valence-corrected chi connectivity index (χ0v) is 27.3. The molecule has 3 N–H and O–H groups in total. The van der Waals surface area contributed by atoms with Crippen molar-refractivity contribution in [1.29, 1.82) is 0 Å². The lowest BCUT2D eigenvalue weighted by Crippen LogP contribution is -2.08. The van der Waals surface area contributed by atoms with E-state index in [1.807, 2.05) is 53.2 Å². The van der Waals surface area contributed by atoms with Crippen molar-refractivity contribution in [3.63, 3.8) is 0 Å². The maximum Gasteiger partial charge on any atom is 0.416 e. The summed E-state index contributed by atoms with van der Waals surface area (Å²) < 4.78 is 81.4. The lowest BCUT2D eigenvalue weighted by Gasteiger charge is -2.11. The number of anilines is 1. The van der Waals surface area contributed by atoms with E-state index in [9.17, 15) is 30.8 Å². The van der Waals surface area contributed by atoms with Crippen LogP contribution < -0.4 is 5.32 Å². The van der Waals surface area contributed by atoms with E-state index in [1.165, 1.54) is 23.8 Å². The summed E-state index contributed by atoms with van der Waals surface area (Å²) in [5.74, 6) is -1.41. The van der Waals surface area contributed by atoms with Crippen molar-refractivity contribution in [3.05, 3.63) is 142 Å². The summed E-state index contributed by atoms with van der Waals surface area (Å²) in [5.41, 5.74) is 5.65. The van der Waals surface area contributed by atoms with Crippen molar-refractivity contribution in [2.75, 3.05) is 11.6 Å². The van der Waals surface area contributed by atoms with Gasteiger partial charge in [0.1, 0.15) is 5.82 Å². The number of nitrogens with one attached hydrogen (secondary N) is 1. The smallest absolute Gasteiger partial charge is 0.416 e. The van der Waals surface area contributed by atoms with Gasteiger partial charge in [-0.2, -0.15) is 26.7 Å². The molecule has 5 rings (SSSR count). The fourth-order valence-corrected chi connectivity index (χ4v) is 4.92. The molecule has 0 bridgehead atoms. The SMILES string of the molecule is CS(=O)(=O)O.O=C(O)CCc1ccc(NCc2ccc(Cn3nc(-c4ccc(C(F)(F)F)cc4)cc3CCc3ccccc3)cc2)cc1F. The lowest BCUT2D eigenvalue weighted by atomic mass is 10.1. The van der Waals surface area contributed by atoms with E-state index in [2.05, 4.69) is 17.4 Å². The summed E-state index contributed by atoms with van der Waals surface area (Å²) in [6, 6.07) is 29.7. The van der Waals surface area contributed by atoms with Gasteiger partial charge in [-0.25, -0.2) is 4.39 Å². The van der Waals surface area contributed by atoms with Crippen LogP contribution in [0.15, 0.2) is 103 Å². The van der Waals surface area contributed by atoms with E-state index in [-0.39, 0.29) is 12.8 Å². The third-order valence-electron chi connectivity index (χ3n) is 7.40. The molecule has 0 fully saturated rings. The molecule has 0 aliphatic carbocycles. The number of nitrogens with zero attached hydrogens (tertiary/aromatic N) is 2. The minimum Gasteiger partial charge on any atom is -0.481 e. The minimum atomic E-state index is -4.40. The second kappa shape index (κ2) is 16.4. The highest BCUT2D eigenvalue weighted by molar-refractivity contribution is 7.85. The van der Waals surface area contributed by atoms with Crippen molar-refractivity contribution < 1.29 is 40.4 Å². The normalized spacial score (nSPS) is 11.5. The fourth-order valence-electron chi connectivity index (χ4n) is 4.92. The van der Waals surface area contributed by atoms with Gasteiger partial charge in [-0.15, -0.1) is 0 Å². The van der Waals surface area contributed by atoms with E-state index in [4.69, 9.17) is 14.8 Å². The standard InChI is InChI=1S/C35H31F4N3O2.CH4O3S/c36-32-20-30(17-13-27(32)14-19-34(43)44)40-22-25-6-8-26(9-7-25)23-42-31(18-10-24-4-2-1-3-5-24)21-33(41-42)28-11-15-29(16-12-28)35(37,38)39;1-5(2,3)4/h1-9,11-13,15-17,20-21,40H,10,14,18-19,22-23H2,(H,43,44);1H3,(H,2,3,4). The Balaban J connectivity index is 0.00000101. The molecule has 0 unspecified atom stereocenters. The molecule has 13 heteroatoms. The summed E-state index contributed by atoms with van der Waals surface area (Å²) >= 11 is 0. The molecule has 0 saturated carbocycles. The minimum absolute atomic E-state index is 0.126. The molecule has 0 aliphatic heterocycles. The van der Waals surface area contributed by atoms with Crippen LogP contribution in [0, 0.1) is 5.82 Å². The van der Waals surface area contributed by atoms with E-state index in [0.717, 1.165) is 35.4 Å². The first-order chi connectivity index (χ1) is 23.1. The van der Waals surface area contributed by atoms with Gasteiger partial charge in [-0.3, -0.25) is 14.0 Å². The van der Waals surface area contributed by atoms with E-state index < -0.39 is 33.6 Å². The molecule has 0 spiro atoms. The predicted octanol–water partition coefficient (Wildman–Crippen LogP) is 7.67. The molecule has 258 valence electrons. The molecule has 1 heterocycles. The van der Waals surface area contributed by atoms with Crippen molar-refractivity contribution in [3.8, 4) is 11.3 Å². The van der Waals surface area contributed by atoms with Gasteiger partial charge < -0.3 is 10.4 Å². The highest BCUT2D eigenvalue weighted by atomic mass is 32.2. The van der Waals surface area contributed by atoms with E-state index >= 15 is 0 Å². The highest BCUT2D eigenvalue weighted by Crippen LogP contribution is 2.31. The third-order valence-corrected chi connectivity index (χ3v) is 7.40. The molecular formula is C36H35F4N3O5S. The Hall–Kier alpha value is -5.01. The topological polar surface area (TPSA) is 122 Å². The number of alkyl halides is 3. The molecule has 0 saturated heterocycles. The summed E-state index contributed by atoms with van der Waals surface area (Å²) in [6.07, 6.45) is -2.16. The Bertz CT molecular complexity index is 1940. The number of carbonyl (C=O) groups is 1. The quantitative estimate of drug-likeness (QED) is 0.0904. The van der Waals surface area contributed by atoms with Crippen LogP contribution in [0.25, 0.3) is 11.3 Å². The Morgan fingerprint density at radius 1 is 0.837 bits per heavy atom. The van der Waals surface area contributed by atoms with Crippen LogP contribution >= 0.6 is 0 Å². The zero-order chi connectivity index (χ0) is 35.6. The average Bonchev–Trinajstić information content (AvgIpc) is 3.44. The number of hydrogen-bond donors (Lipinski definition) is 3. The molecule has 0 atom stereocenters. The van der Waals surface area contributed by atoms with Crippen molar-refractivity contribution in [1.82, 2.24) is 9.78 Å². The third kappa shape index (κ3) is 12.2. The Morgan fingerprint density at radius 2 is 1.47 bits per heavy atom. The number of carboxylic acids is 1. The van der Waals surface area contributed by atoms with Crippen molar-refractivity contribution in [2.24, 2.45) is 0 Å². The van der Waals surface area contributed by atoms with Gasteiger partial charge in [0.25, 0.3) is 10.1 Å². The number of rotatable bonds is 12. The van der Waals surface area contributed by atoms with Crippen LogP contribution in [0.3, 0.4) is 0 Å². The van der Waals surface area contributed by atoms with Crippen molar-refractivity contribution in [2.45, 2.75) is 44.9 Å². The molecule has 1 aromatic heterocycles. The van der Waals surface area contributed by atoms with Gasteiger partial charge in [0.05, 0.1) is 24.1 Å².